The van der Waals surface area contributed by atoms with Crippen LogP contribution in [-0.4, -0.2) is 33.1 Å². The van der Waals surface area contributed by atoms with Crippen LogP contribution in [0.1, 0.15) is 53.7 Å². The Morgan fingerprint density at radius 3 is 2.52 bits per heavy atom. The van der Waals surface area contributed by atoms with Crippen LogP contribution in [0.3, 0.4) is 0 Å². The van der Waals surface area contributed by atoms with Crippen molar-refractivity contribution < 1.29 is 14.3 Å². The number of hydrogen-bond acceptors (Lipinski definition) is 4. The first kappa shape index (κ1) is 21.8. The third kappa shape index (κ3) is 4.99. The highest BCUT2D eigenvalue weighted by atomic mass is 19.1. The number of hydrogen-bond donors (Lipinski definition) is 4. The Bertz CT molecular complexity index is 1080. The number of aliphatic hydroxyl groups is 1. The zero-order chi connectivity index (χ0) is 22.8. The van der Waals surface area contributed by atoms with Crippen molar-refractivity contribution in [3.63, 3.8) is 0 Å². The number of carbonyl (C=O) groups is 1. The molecule has 2 aromatic carbocycles. The number of imidazole rings is 1. The summed E-state index contributed by atoms with van der Waals surface area (Å²) in [5.74, 6) is 0.215. The Morgan fingerprint density at radius 2 is 1.79 bits per heavy atom. The van der Waals surface area contributed by atoms with Gasteiger partial charge in [-0.2, -0.15) is 0 Å². The van der Waals surface area contributed by atoms with Gasteiger partial charge in [-0.15, -0.1) is 0 Å². The van der Waals surface area contributed by atoms with Gasteiger partial charge in [0.1, 0.15) is 11.6 Å². The van der Waals surface area contributed by atoms with E-state index in [0.29, 0.717) is 25.4 Å². The monoisotopic (exact) mass is 448 g/mol. The predicted molar refractivity (Wildman–Crippen MR) is 123 cm³/mol. The molecule has 0 unspecified atom stereocenters. The summed E-state index contributed by atoms with van der Waals surface area (Å²) in [4.78, 5) is 21.0. The quantitative estimate of drug-likeness (QED) is 0.425. The second-order valence-corrected chi connectivity index (χ2v) is 9.17. The van der Waals surface area contributed by atoms with Crippen LogP contribution in [-0.2, 0) is 17.9 Å². The van der Waals surface area contributed by atoms with Gasteiger partial charge in [0, 0.05) is 42.9 Å². The number of nitrogens with one attached hydrogen (secondary N) is 3. The molecule has 2 aliphatic carbocycles. The lowest BCUT2D eigenvalue weighted by Crippen LogP contribution is -2.36. The van der Waals surface area contributed by atoms with Gasteiger partial charge in [-0.05, 0) is 42.5 Å². The number of H-pyrrole nitrogens is 1. The van der Waals surface area contributed by atoms with Crippen LogP contribution in [0.4, 0.5) is 4.39 Å². The average Bonchev–Trinajstić information content (AvgIpc) is 3.48. The molecule has 1 amide bonds. The summed E-state index contributed by atoms with van der Waals surface area (Å²) in [6, 6.07) is 16.0. The lowest BCUT2D eigenvalue weighted by molar-refractivity contribution is -0.127. The van der Waals surface area contributed by atoms with Crippen molar-refractivity contribution >= 4 is 5.91 Å². The molecule has 0 bridgehead atoms. The highest BCUT2D eigenvalue weighted by Crippen LogP contribution is 2.42. The number of halogens is 1. The summed E-state index contributed by atoms with van der Waals surface area (Å²) < 4.78 is 13.3. The molecule has 172 valence electrons. The minimum absolute atomic E-state index is 0.120. The molecule has 2 fully saturated rings. The van der Waals surface area contributed by atoms with Crippen molar-refractivity contribution in [3.8, 4) is 0 Å². The minimum Gasteiger partial charge on any atom is -0.392 e. The third-order valence-electron chi connectivity index (χ3n) is 6.79. The first-order valence-corrected chi connectivity index (χ1v) is 11.6. The molecule has 1 aromatic heterocycles. The molecular formula is C26H29FN4O2. The van der Waals surface area contributed by atoms with Crippen molar-refractivity contribution in [3.05, 3.63) is 89.3 Å². The van der Waals surface area contributed by atoms with E-state index in [2.05, 4.69) is 20.6 Å². The number of aromatic amines is 1. The van der Waals surface area contributed by atoms with E-state index >= 15 is 0 Å². The lowest BCUT2D eigenvalue weighted by atomic mass is 9.96. The van der Waals surface area contributed by atoms with Crippen molar-refractivity contribution in [1.29, 1.82) is 0 Å². The molecular weight excluding hydrogens is 419 g/mol. The molecule has 2 saturated carbocycles. The molecule has 2 aliphatic rings. The topological polar surface area (TPSA) is 90.0 Å². The molecule has 4 N–H and O–H groups in total. The zero-order valence-electron chi connectivity index (χ0n) is 18.4. The van der Waals surface area contributed by atoms with Gasteiger partial charge in [0.2, 0.25) is 5.91 Å². The Morgan fingerprint density at radius 1 is 1.06 bits per heavy atom. The molecule has 5 rings (SSSR count). The SMILES string of the molecule is O=C(NCc1ccccc1)[C@H]1C[C@@H](NCc2ccc(F)cc2)[C@H](c2cnc(C3CC3)[nH]2)[C@@H]1O. The summed E-state index contributed by atoms with van der Waals surface area (Å²) in [6.07, 6.45) is 3.75. The lowest BCUT2D eigenvalue weighted by Gasteiger charge is -2.22. The van der Waals surface area contributed by atoms with Gasteiger partial charge < -0.3 is 20.7 Å². The van der Waals surface area contributed by atoms with E-state index in [9.17, 15) is 14.3 Å². The highest BCUT2D eigenvalue weighted by Gasteiger charge is 2.47. The van der Waals surface area contributed by atoms with E-state index in [1.54, 1.807) is 18.3 Å². The van der Waals surface area contributed by atoms with Gasteiger partial charge in [0.15, 0.2) is 0 Å². The molecule has 0 saturated heterocycles. The van der Waals surface area contributed by atoms with Crippen molar-refractivity contribution in [2.45, 2.75) is 56.3 Å². The van der Waals surface area contributed by atoms with Gasteiger partial charge in [-0.25, -0.2) is 9.37 Å². The van der Waals surface area contributed by atoms with Crippen LogP contribution >= 0.6 is 0 Å². The second kappa shape index (κ2) is 9.45. The Balaban J connectivity index is 1.31. The molecule has 0 radical (unpaired) electrons. The summed E-state index contributed by atoms with van der Waals surface area (Å²) >= 11 is 0. The minimum atomic E-state index is -0.834. The van der Waals surface area contributed by atoms with E-state index in [-0.39, 0.29) is 23.7 Å². The first-order chi connectivity index (χ1) is 16.1. The Hall–Kier alpha value is -3.03. The maximum absolute atomic E-state index is 13.3. The molecule has 7 heteroatoms. The highest BCUT2D eigenvalue weighted by molar-refractivity contribution is 5.80. The molecule has 0 aliphatic heterocycles. The normalized spacial score (nSPS) is 24.7. The van der Waals surface area contributed by atoms with E-state index in [1.165, 1.54) is 12.1 Å². The summed E-state index contributed by atoms with van der Waals surface area (Å²) in [6.45, 7) is 0.952. The number of benzene rings is 2. The predicted octanol–water partition coefficient (Wildman–Crippen LogP) is 3.37. The maximum Gasteiger partial charge on any atom is 0.226 e. The van der Waals surface area contributed by atoms with E-state index in [1.807, 2.05) is 30.3 Å². The van der Waals surface area contributed by atoms with Gasteiger partial charge in [-0.1, -0.05) is 42.5 Å². The summed E-state index contributed by atoms with van der Waals surface area (Å²) in [7, 11) is 0. The van der Waals surface area contributed by atoms with Crippen LogP contribution < -0.4 is 10.6 Å². The van der Waals surface area contributed by atoms with E-state index in [4.69, 9.17) is 0 Å². The average molecular weight is 449 g/mol. The summed E-state index contributed by atoms with van der Waals surface area (Å²) in [5.41, 5.74) is 2.83. The first-order valence-electron chi connectivity index (χ1n) is 11.6. The second-order valence-electron chi connectivity index (χ2n) is 9.17. The molecule has 3 aromatic rings. The Labute approximate surface area is 192 Å². The van der Waals surface area contributed by atoms with Crippen molar-refractivity contribution in [2.24, 2.45) is 5.92 Å². The fourth-order valence-corrected chi connectivity index (χ4v) is 4.77. The fraction of sp³-hybridized carbons (Fsp3) is 0.385. The van der Waals surface area contributed by atoms with E-state index in [0.717, 1.165) is 35.5 Å². The van der Waals surface area contributed by atoms with Crippen LogP contribution in [0.2, 0.25) is 0 Å². The number of rotatable bonds is 8. The molecule has 4 atom stereocenters. The number of aliphatic hydroxyl groups excluding tert-OH is 1. The largest absolute Gasteiger partial charge is 0.392 e. The molecule has 33 heavy (non-hydrogen) atoms. The van der Waals surface area contributed by atoms with Gasteiger partial charge in [-0.3, -0.25) is 4.79 Å². The van der Waals surface area contributed by atoms with E-state index < -0.39 is 12.0 Å². The van der Waals surface area contributed by atoms with Gasteiger partial charge >= 0.3 is 0 Å². The number of carbonyl (C=O) groups excluding carboxylic acids is 1. The Kier molecular flexibility index (Phi) is 6.24. The van der Waals surface area contributed by atoms with Crippen molar-refractivity contribution in [1.82, 2.24) is 20.6 Å². The molecule has 0 spiro atoms. The standard InChI is InChI=1S/C26H29FN4O2/c27-19-10-6-17(7-11-19)13-28-21-12-20(26(33)30-14-16-4-2-1-3-5-16)24(32)23(21)22-15-29-25(31-22)18-8-9-18/h1-7,10-11,15,18,20-21,23-24,28,32H,8-9,12-14H2,(H,29,31)(H,30,33)/t20-,21+,23+,24+/m0/s1. The smallest absolute Gasteiger partial charge is 0.226 e. The molecule has 1 heterocycles. The number of amides is 1. The van der Waals surface area contributed by atoms with Crippen LogP contribution in [0.5, 0.6) is 0 Å². The molecule has 6 nitrogen and oxygen atoms in total. The summed E-state index contributed by atoms with van der Waals surface area (Å²) in [5, 5.41) is 17.7. The maximum atomic E-state index is 13.3. The fourth-order valence-electron chi connectivity index (χ4n) is 4.77. The third-order valence-corrected chi connectivity index (χ3v) is 6.79. The van der Waals surface area contributed by atoms with Crippen LogP contribution in [0, 0.1) is 11.7 Å². The number of aromatic nitrogens is 2. The van der Waals surface area contributed by atoms with Gasteiger partial charge in [0.25, 0.3) is 0 Å². The van der Waals surface area contributed by atoms with Crippen LogP contribution in [0.25, 0.3) is 0 Å². The van der Waals surface area contributed by atoms with Gasteiger partial charge in [0.05, 0.1) is 12.0 Å². The van der Waals surface area contributed by atoms with Crippen molar-refractivity contribution in [2.75, 3.05) is 0 Å². The zero-order valence-corrected chi connectivity index (χ0v) is 18.4. The van der Waals surface area contributed by atoms with Crippen LogP contribution in [0.15, 0.2) is 60.8 Å². The number of nitrogens with zero attached hydrogens (tertiary/aromatic N) is 1.